The molecule has 0 spiro atoms. The lowest BCUT2D eigenvalue weighted by atomic mass is 9.84. The van der Waals surface area contributed by atoms with Gasteiger partial charge in [-0.25, -0.2) is 24.9 Å². The Morgan fingerprint density at radius 1 is 0.353 bits per heavy atom. The molecule has 15 heteroatoms. The van der Waals surface area contributed by atoms with Crippen molar-refractivity contribution in [2.24, 2.45) is 0 Å². The van der Waals surface area contributed by atoms with E-state index in [1.165, 1.54) is 107 Å². The summed E-state index contributed by atoms with van der Waals surface area (Å²) in [6, 6.07) is 11.2. The number of Topliss-reactive ketones (excluding diaryl/α,β-unsaturated/α-hetero) is 2. The van der Waals surface area contributed by atoms with E-state index in [1.807, 2.05) is 32.0 Å². The van der Waals surface area contributed by atoms with Gasteiger partial charge in [0.15, 0.2) is 11.6 Å². The highest BCUT2D eigenvalue weighted by molar-refractivity contribution is 6.36. The molecule has 9 nitrogen and oxygen atoms in total. The van der Waals surface area contributed by atoms with Gasteiger partial charge < -0.3 is 5.11 Å². The molecule has 0 saturated carbocycles. The predicted molar refractivity (Wildman–Crippen MR) is 368 cm³/mol. The van der Waals surface area contributed by atoms with Gasteiger partial charge in [-0.3, -0.25) is 14.6 Å². The molecule has 6 aliphatic carbocycles. The summed E-state index contributed by atoms with van der Waals surface area (Å²) in [7, 11) is 0. The quantitative estimate of drug-likeness (QED) is 0.148. The number of nitrogens with zero attached hydrogens (tertiary/aromatic N) is 6. The SMILES string of the molecule is C.C.C.C.C.C.C.Cc1cc(C)c2c(n1)CCCC2C.Cc1cc(Cl)nc2c1C(=O)CCC2.Cc1cc(Cl)nc2c1C(C)CCC2.Cc1cc(Cl)nc2c1C(C)CCC2.Cc1cc(Cl)nc2c1C(O)CCC2.O=C1CCCc2nc(Cl)cc(Cl)c21. The molecule has 0 fully saturated rings. The highest BCUT2D eigenvalue weighted by Crippen LogP contribution is 2.37. The van der Waals surface area contributed by atoms with E-state index in [-0.39, 0.29) is 69.7 Å². The van der Waals surface area contributed by atoms with E-state index in [2.05, 4.69) is 84.4 Å². The van der Waals surface area contributed by atoms with Crippen LogP contribution in [0.3, 0.4) is 0 Å². The summed E-state index contributed by atoms with van der Waals surface area (Å²) in [6.45, 7) is 19.3. The number of aromatic nitrogens is 6. The van der Waals surface area contributed by atoms with Crippen molar-refractivity contribution in [3.05, 3.63) is 168 Å². The molecule has 4 atom stereocenters. The van der Waals surface area contributed by atoms with Crippen LogP contribution >= 0.6 is 69.6 Å². The standard InChI is InChI=1S/C12H17N.2C11H14ClN.C10H12ClNO.C10H10ClNO.C9H7Cl2NO.7CH4/c1-8-5-4-6-11-12(8)9(2)7-10(3)13-11;2*1-7-4-3-5-9-11(7)8(2)6-10(12)13-9;2*1-6-5-9(11)12-7-3-2-4-8(13)10(6)7;10-5-4-8(11)12-6-2-1-3-7(13)9(5)6;;;;;;;/h7-8H,4-6H2,1-3H3;2*6-7H,3-5H2,1-2H3;5,8,13H,2-4H2,1H3;5H,2-4H2,1H3;4H,1-3H2;7*1H4. The summed E-state index contributed by atoms with van der Waals surface area (Å²) in [6.07, 6.45) is 18.2. The maximum atomic E-state index is 11.5. The van der Waals surface area contributed by atoms with Crippen molar-refractivity contribution < 1.29 is 14.7 Å². The van der Waals surface area contributed by atoms with Gasteiger partial charge in [0.1, 0.15) is 25.8 Å². The minimum absolute atomic E-state index is 0. The van der Waals surface area contributed by atoms with Crippen molar-refractivity contribution >= 4 is 81.2 Å². The normalized spacial score (nSPS) is 17.8. The maximum absolute atomic E-state index is 11.5. The van der Waals surface area contributed by atoms with Crippen LogP contribution < -0.4 is 0 Å². The first kappa shape index (κ1) is 80.9. The second kappa shape index (κ2) is 37.1. The van der Waals surface area contributed by atoms with Crippen LogP contribution in [0.4, 0.5) is 0 Å². The summed E-state index contributed by atoms with van der Waals surface area (Å²) in [5.74, 6) is 2.33. The third-order valence-corrected chi connectivity index (χ3v) is 17.0. The number of hydrogen-bond acceptors (Lipinski definition) is 9. The van der Waals surface area contributed by atoms with Crippen LogP contribution in [0.2, 0.25) is 30.8 Å². The molecule has 0 saturated heterocycles. The molecule has 6 aromatic rings. The third-order valence-electron chi connectivity index (χ3n) is 15.7. The monoisotopic (exact) mass is 1280 g/mol. The number of fused-ring (bicyclic) bond motifs is 6. The van der Waals surface area contributed by atoms with Gasteiger partial charge >= 0.3 is 0 Å². The highest BCUT2D eigenvalue weighted by atomic mass is 35.5. The lowest BCUT2D eigenvalue weighted by Gasteiger charge is -2.23. The van der Waals surface area contributed by atoms with Gasteiger partial charge in [0, 0.05) is 52.4 Å². The number of aliphatic hydroxyl groups excluding tert-OH is 1. The number of ketones is 2. The topological polar surface area (TPSA) is 132 Å². The van der Waals surface area contributed by atoms with Gasteiger partial charge in [0.2, 0.25) is 0 Å². The summed E-state index contributed by atoms with van der Waals surface area (Å²) in [4.78, 5) is 48.9. The van der Waals surface area contributed by atoms with Crippen LogP contribution in [0.5, 0.6) is 0 Å². The van der Waals surface area contributed by atoms with Gasteiger partial charge in [0.05, 0.1) is 28.1 Å². The summed E-state index contributed by atoms with van der Waals surface area (Å²) in [5.41, 5.74) is 20.4. The molecule has 0 amide bonds. The predicted octanol–water partition coefficient (Wildman–Crippen LogP) is 22.4. The number of hydrogen-bond donors (Lipinski definition) is 1. The number of aryl methyl sites for hydroxylation is 12. The average molecular weight is 1290 g/mol. The molecule has 0 aliphatic heterocycles. The number of carbonyl (C=O) groups is 2. The molecule has 1 N–H and O–H groups in total. The number of pyridine rings is 6. The fraction of sp³-hybridized carbons (Fsp3) is 0.543. The van der Waals surface area contributed by atoms with Gasteiger partial charge in [-0.05, 0) is 243 Å². The van der Waals surface area contributed by atoms with Crippen molar-refractivity contribution in [1.29, 1.82) is 0 Å². The molecule has 4 unspecified atom stereocenters. The smallest absolute Gasteiger partial charge is 0.166 e. The fourth-order valence-electron chi connectivity index (χ4n) is 12.4. The molecule has 85 heavy (non-hydrogen) atoms. The summed E-state index contributed by atoms with van der Waals surface area (Å²) in [5, 5.41) is 12.9. The number of carbonyl (C=O) groups excluding carboxylic acids is 2. The Balaban J connectivity index is 0.000000980. The Hall–Kier alpha value is -4.06. The zero-order chi connectivity index (χ0) is 56.5. The zero-order valence-electron chi connectivity index (χ0n) is 46.7. The van der Waals surface area contributed by atoms with Crippen LogP contribution in [0, 0.1) is 41.5 Å². The van der Waals surface area contributed by atoms with E-state index in [0.29, 0.717) is 61.0 Å². The molecule has 472 valence electrons. The van der Waals surface area contributed by atoms with Crippen LogP contribution in [0.25, 0.3) is 0 Å². The Bertz CT molecular complexity index is 2820. The minimum Gasteiger partial charge on any atom is -0.388 e. The van der Waals surface area contributed by atoms with Crippen molar-refractivity contribution in [3.63, 3.8) is 0 Å². The minimum atomic E-state index is -0.339. The molecule has 0 aromatic carbocycles. The fourth-order valence-corrected chi connectivity index (χ4v) is 14.0. The Labute approximate surface area is 544 Å². The lowest BCUT2D eigenvalue weighted by molar-refractivity contribution is 0.0963. The average Bonchev–Trinajstić information content (AvgIpc) is 3.58. The van der Waals surface area contributed by atoms with Crippen molar-refractivity contribution in [3.8, 4) is 0 Å². The van der Waals surface area contributed by atoms with Crippen LogP contribution in [-0.4, -0.2) is 46.6 Å². The first-order chi connectivity index (χ1) is 37.1. The largest absolute Gasteiger partial charge is 0.388 e. The van der Waals surface area contributed by atoms with Gasteiger partial charge in [-0.15, -0.1) is 0 Å². The number of aliphatic hydroxyl groups is 1. The highest BCUT2D eigenvalue weighted by Gasteiger charge is 2.26. The molecule has 0 bridgehead atoms. The van der Waals surface area contributed by atoms with E-state index in [4.69, 9.17) is 69.6 Å². The zero-order valence-corrected chi connectivity index (χ0v) is 51.3. The Kier molecular flexibility index (Phi) is 35.3. The second-order valence-corrected chi connectivity index (χ2v) is 24.3. The number of halogens is 6. The molecule has 6 heterocycles. The molecule has 0 radical (unpaired) electrons. The molecular formula is C70H102Cl6N6O3. The van der Waals surface area contributed by atoms with Crippen molar-refractivity contribution in [2.45, 2.75) is 254 Å². The molecule has 6 aromatic heterocycles. The van der Waals surface area contributed by atoms with Crippen molar-refractivity contribution in [1.82, 2.24) is 29.9 Å². The van der Waals surface area contributed by atoms with Crippen molar-refractivity contribution in [2.75, 3.05) is 0 Å². The second-order valence-electron chi connectivity index (χ2n) is 22.0. The summed E-state index contributed by atoms with van der Waals surface area (Å²) >= 11 is 35.1. The Morgan fingerprint density at radius 3 is 1.07 bits per heavy atom. The van der Waals surface area contributed by atoms with Gasteiger partial charge in [-0.1, -0.05) is 142 Å². The van der Waals surface area contributed by atoms with E-state index >= 15 is 0 Å². The van der Waals surface area contributed by atoms with Gasteiger partial charge in [-0.2, -0.15) is 0 Å². The van der Waals surface area contributed by atoms with Gasteiger partial charge in [0.25, 0.3) is 0 Å². The lowest BCUT2D eigenvalue weighted by Crippen LogP contribution is -2.14. The van der Waals surface area contributed by atoms with Crippen LogP contribution in [0.15, 0.2) is 36.4 Å². The van der Waals surface area contributed by atoms with E-state index in [0.717, 1.165) is 103 Å². The molecule has 6 aliphatic rings. The third kappa shape index (κ3) is 21.0. The van der Waals surface area contributed by atoms with Crippen LogP contribution in [0.1, 0.15) is 284 Å². The number of rotatable bonds is 0. The molecule has 12 rings (SSSR count). The first-order valence-corrected chi connectivity index (χ1v) is 30.1. The summed E-state index contributed by atoms with van der Waals surface area (Å²) < 4.78 is 0. The first-order valence-electron chi connectivity index (χ1n) is 27.8. The van der Waals surface area contributed by atoms with Crippen LogP contribution in [-0.2, 0) is 38.5 Å². The van der Waals surface area contributed by atoms with E-state index < -0.39 is 0 Å². The molecular weight excluding hydrogens is 1190 g/mol. The Morgan fingerprint density at radius 2 is 0.647 bits per heavy atom. The maximum Gasteiger partial charge on any atom is 0.166 e. The van der Waals surface area contributed by atoms with E-state index in [1.54, 1.807) is 6.07 Å². The van der Waals surface area contributed by atoms with E-state index in [9.17, 15) is 14.7 Å².